The highest BCUT2D eigenvalue weighted by Crippen LogP contribution is 2.19. The van der Waals surface area contributed by atoms with Gasteiger partial charge in [0.25, 0.3) is 5.91 Å². The van der Waals surface area contributed by atoms with Crippen molar-refractivity contribution >= 4 is 11.9 Å². The van der Waals surface area contributed by atoms with E-state index in [0.717, 1.165) is 6.42 Å². The maximum Gasteiger partial charge on any atom is 0.321 e. The summed E-state index contributed by atoms with van der Waals surface area (Å²) in [6.45, 7) is 12.7. The third-order valence-corrected chi connectivity index (χ3v) is 3.96. The Kier molecular flexibility index (Phi) is 8.62. The Hall–Kier alpha value is -1.88. The second-order valence-corrected chi connectivity index (χ2v) is 7.73. The van der Waals surface area contributed by atoms with Crippen molar-refractivity contribution in [3.63, 3.8) is 0 Å². The summed E-state index contributed by atoms with van der Waals surface area (Å²) in [5.74, 6) is 0.743. The van der Waals surface area contributed by atoms with Gasteiger partial charge in [-0.2, -0.15) is 0 Å². The van der Waals surface area contributed by atoms with Gasteiger partial charge >= 0.3 is 6.03 Å². The molecular weight excluding hydrogens is 314 g/mol. The number of hydrogen-bond acceptors (Lipinski definition) is 2. The lowest BCUT2D eigenvalue weighted by Gasteiger charge is -2.20. The minimum absolute atomic E-state index is 0.00421. The molecule has 3 amide bonds. The Morgan fingerprint density at radius 3 is 2.08 bits per heavy atom. The van der Waals surface area contributed by atoms with E-state index in [1.807, 2.05) is 19.2 Å². The third-order valence-electron chi connectivity index (χ3n) is 3.96. The van der Waals surface area contributed by atoms with Gasteiger partial charge in [-0.25, -0.2) is 4.79 Å². The number of urea groups is 1. The largest absolute Gasteiger partial charge is 0.336 e. The van der Waals surface area contributed by atoms with E-state index in [1.54, 1.807) is 0 Å². The van der Waals surface area contributed by atoms with Gasteiger partial charge in [0.05, 0.1) is 0 Å². The van der Waals surface area contributed by atoms with Gasteiger partial charge in [0.2, 0.25) is 0 Å². The Morgan fingerprint density at radius 1 is 1.00 bits per heavy atom. The van der Waals surface area contributed by atoms with Crippen LogP contribution in [-0.4, -0.2) is 24.5 Å². The quantitative estimate of drug-likeness (QED) is 0.675. The number of amides is 3. The molecule has 0 spiro atoms. The Balaban J connectivity index is 2.62. The average molecular weight is 349 g/mol. The fourth-order valence-electron chi connectivity index (χ4n) is 2.85. The molecule has 0 aliphatic carbocycles. The first-order valence-electron chi connectivity index (χ1n) is 9.21. The first kappa shape index (κ1) is 21.2. The zero-order chi connectivity index (χ0) is 19.0. The van der Waals surface area contributed by atoms with E-state index in [2.05, 4.69) is 62.6 Å². The van der Waals surface area contributed by atoms with Crippen molar-refractivity contribution in [2.24, 2.45) is 11.8 Å². The van der Waals surface area contributed by atoms with Crippen LogP contribution in [0.3, 0.4) is 0 Å². The summed E-state index contributed by atoms with van der Waals surface area (Å²) < 4.78 is 0. The Labute approximate surface area is 152 Å². The van der Waals surface area contributed by atoms with Gasteiger partial charge in [-0.05, 0) is 31.7 Å². The summed E-state index contributed by atoms with van der Waals surface area (Å²) in [6.07, 6.45) is 1.07. The van der Waals surface area contributed by atoms with Crippen LogP contribution in [0.2, 0.25) is 0 Å². The molecule has 0 heterocycles. The molecule has 0 fully saturated rings. The normalized spacial score (nSPS) is 12.5. The maximum atomic E-state index is 12.0. The number of benzene rings is 1. The average Bonchev–Trinajstić information content (AvgIpc) is 2.47. The summed E-state index contributed by atoms with van der Waals surface area (Å²) in [6, 6.07) is 8.41. The van der Waals surface area contributed by atoms with E-state index in [1.165, 1.54) is 11.1 Å². The number of nitrogens with one attached hydrogen (secondary N) is 2. The van der Waals surface area contributed by atoms with E-state index in [4.69, 9.17) is 0 Å². The molecule has 0 bridgehead atoms. The van der Waals surface area contributed by atoms with Crippen LogP contribution < -0.4 is 16.0 Å². The van der Waals surface area contributed by atoms with Crippen molar-refractivity contribution in [1.82, 2.24) is 10.6 Å². The van der Waals surface area contributed by atoms with Crippen molar-refractivity contribution in [2.75, 3.05) is 6.54 Å². The van der Waals surface area contributed by atoms with Gasteiger partial charge in [0, 0.05) is 17.5 Å². The maximum absolute atomic E-state index is 12.0. The monoisotopic (exact) mass is 348 g/mol. The fraction of sp³-hybridized carbons (Fsp3) is 0.600. The topological polar surface area (TPSA) is 74.8 Å². The molecule has 0 unspecified atom stereocenters. The van der Waals surface area contributed by atoms with E-state index in [-0.39, 0.29) is 24.5 Å². The summed E-state index contributed by atoms with van der Waals surface area (Å²) in [4.78, 5) is 23.5. The third kappa shape index (κ3) is 8.16. The van der Waals surface area contributed by atoms with Crippen LogP contribution in [-0.2, 0) is 11.2 Å². The SMILES string of the molecule is CC(C)Cc1ccc([C@@H]([NH2+]CC(=O)NC(=O)NC(C)C)C(C)C)cc1. The molecule has 1 aromatic rings. The molecule has 1 rings (SSSR count). The summed E-state index contributed by atoms with van der Waals surface area (Å²) in [5.41, 5.74) is 2.55. The molecule has 0 saturated heterocycles. The van der Waals surface area contributed by atoms with E-state index in [9.17, 15) is 9.59 Å². The van der Waals surface area contributed by atoms with Gasteiger partial charge in [0.15, 0.2) is 6.54 Å². The summed E-state index contributed by atoms with van der Waals surface area (Å²) >= 11 is 0. The van der Waals surface area contributed by atoms with Crippen LogP contribution in [0, 0.1) is 11.8 Å². The second-order valence-electron chi connectivity index (χ2n) is 7.73. The predicted octanol–water partition coefficient (Wildman–Crippen LogP) is 2.38. The lowest BCUT2D eigenvalue weighted by molar-refractivity contribution is -0.692. The molecule has 1 atom stereocenters. The molecule has 25 heavy (non-hydrogen) atoms. The number of nitrogens with two attached hydrogens (primary N) is 1. The van der Waals surface area contributed by atoms with Crippen LogP contribution >= 0.6 is 0 Å². The number of carbonyl (C=O) groups is 2. The highest BCUT2D eigenvalue weighted by atomic mass is 16.2. The molecular formula is C20H34N3O2+. The molecule has 4 N–H and O–H groups in total. The molecule has 5 heteroatoms. The van der Waals surface area contributed by atoms with E-state index < -0.39 is 6.03 Å². The zero-order valence-corrected chi connectivity index (χ0v) is 16.4. The lowest BCUT2D eigenvalue weighted by Crippen LogP contribution is -2.88. The van der Waals surface area contributed by atoms with Gasteiger partial charge in [0.1, 0.15) is 6.04 Å². The van der Waals surface area contributed by atoms with Crippen molar-refractivity contribution in [2.45, 2.75) is 60.0 Å². The minimum atomic E-state index is -0.437. The minimum Gasteiger partial charge on any atom is -0.336 e. The van der Waals surface area contributed by atoms with Crippen molar-refractivity contribution < 1.29 is 14.9 Å². The first-order valence-corrected chi connectivity index (χ1v) is 9.21. The van der Waals surface area contributed by atoms with Crippen LogP contribution in [0.25, 0.3) is 0 Å². The van der Waals surface area contributed by atoms with E-state index in [0.29, 0.717) is 11.8 Å². The number of rotatable bonds is 8. The second kappa shape index (κ2) is 10.2. The molecule has 5 nitrogen and oxygen atoms in total. The molecule has 140 valence electrons. The molecule has 0 aliphatic rings. The zero-order valence-electron chi connectivity index (χ0n) is 16.4. The predicted molar refractivity (Wildman–Crippen MR) is 101 cm³/mol. The van der Waals surface area contributed by atoms with Gasteiger partial charge < -0.3 is 10.6 Å². The summed E-state index contributed by atoms with van der Waals surface area (Å²) in [5, 5.41) is 7.02. The molecule has 0 aliphatic heterocycles. The van der Waals surface area contributed by atoms with Gasteiger partial charge in [-0.1, -0.05) is 52.0 Å². The highest BCUT2D eigenvalue weighted by Gasteiger charge is 2.21. The number of quaternary nitrogens is 1. The number of hydrogen-bond donors (Lipinski definition) is 3. The number of imide groups is 1. The van der Waals surface area contributed by atoms with Crippen LogP contribution in [0.15, 0.2) is 24.3 Å². The molecule has 0 aromatic heterocycles. The lowest BCUT2D eigenvalue weighted by atomic mass is 9.94. The standard InChI is InChI=1S/C20H33N3O2/c1-13(2)11-16-7-9-17(10-8-16)19(14(3)4)21-12-18(24)23-20(25)22-15(5)6/h7-10,13-15,19,21H,11-12H2,1-6H3,(H2,22,23,24,25)/p+1/t19-/m0/s1. The smallest absolute Gasteiger partial charge is 0.321 e. The van der Waals surface area contributed by atoms with Gasteiger partial charge in [-0.3, -0.25) is 10.1 Å². The van der Waals surface area contributed by atoms with Crippen molar-refractivity contribution in [1.29, 1.82) is 0 Å². The molecule has 0 radical (unpaired) electrons. The summed E-state index contributed by atoms with van der Waals surface area (Å²) in [7, 11) is 0. The van der Waals surface area contributed by atoms with Gasteiger partial charge in [-0.15, -0.1) is 0 Å². The molecule has 0 saturated carbocycles. The van der Waals surface area contributed by atoms with Crippen LogP contribution in [0.1, 0.15) is 58.7 Å². The fourth-order valence-corrected chi connectivity index (χ4v) is 2.85. The molecule has 1 aromatic carbocycles. The van der Waals surface area contributed by atoms with Crippen LogP contribution in [0.4, 0.5) is 4.79 Å². The highest BCUT2D eigenvalue weighted by molar-refractivity contribution is 5.94. The van der Waals surface area contributed by atoms with Crippen molar-refractivity contribution in [3.05, 3.63) is 35.4 Å². The Bertz CT molecular complexity index is 551. The number of carbonyl (C=O) groups excluding carboxylic acids is 2. The van der Waals surface area contributed by atoms with E-state index >= 15 is 0 Å². The Morgan fingerprint density at radius 2 is 1.60 bits per heavy atom. The first-order chi connectivity index (χ1) is 11.7. The van der Waals surface area contributed by atoms with Crippen molar-refractivity contribution in [3.8, 4) is 0 Å². The van der Waals surface area contributed by atoms with Crippen LogP contribution in [0.5, 0.6) is 0 Å².